The minimum atomic E-state index is -0.953. The van der Waals surface area contributed by atoms with Gasteiger partial charge in [0.2, 0.25) is 0 Å². The molecule has 0 aliphatic rings. The van der Waals surface area contributed by atoms with Gasteiger partial charge in [0.05, 0.1) is 25.8 Å². The first kappa shape index (κ1) is 16.7. The van der Waals surface area contributed by atoms with Crippen LogP contribution < -0.4 is 14.8 Å². The van der Waals surface area contributed by atoms with Crippen LogP contribution in [0.25, 0.3) is 0 Å². The number of rotatable bonds is 5. The minimum absolute atomic E-state index is 0.322. The van der Waals surface area contributed by atoms with Gasteiger partial charge in [-0.25, -0.2) is 8.78 Å². The van der Waals surface area contributed by atoms with Gasteiger partial charge >= 0.3 is 0 Å². The topological polar surface area (TPSA) is 47.6 Å². The molecule has 0 saturated heterocycles. The number of benzene rings is 2. The Balaban J connectivity index is 2.19. The highest BCUT2D eigenvalue weighted by atomic mass is 19.2. The van der Waals surface area contributed by atoms with Crippen molar-refractivity contribution >= 4 is 5.91 Å². The van der Waals surface area contributed by atoms with Crippen molar-refractivity contribution in [2.24, 2.45) is 0 Å². The molecule has 0 radical (unpaired) electrons. The molecular formula is C17H17F2NO3. The molecule has 2 aromatic rings. The van der Waals surface area contributed by atoms with E-state index in [4.69, 9.17) is 9.47 Å². The van der Waals surface area contributed by atoms with Crippen LogP contribution in [0.5, 0.6) is 11.5 Å². The Kier molecular flexibility index (Phi) is 5.16. The molecule has 0 aromatic heterocycles. The lowest BCUT2D eigenvalue weighted by atomic mass is 10.1. The van der Waals surface area contributed by atoms with Crippen LogP contribution in [0, 0.1) is 11.6 Å². The third kappa shape index (κ3) is 3.77. The number of nitrogens with one attached hydrogen (secondary N) is 1. The fourth-order valence-corrected chi connectivity index (χ4v) is 2.13. The molecule has 1 unspecified atom stereocenters. The van der Waals surface area contributed by atoms with E-state index in [1.807, 2.05) is 0 Å². The fraction of sp³-hybridized carbons (Fsp3) is 0.235. The van der Waals surface area contributed by atoms with Gasteiger partial charge in [-0.05, 0) is 36.8 Å². The Hall–Kier alpha value is -2.63. The van der Waals surface area contributed by atoms with Gasteiger partial charge in [-0.1, -0.05) is 6.07 Å². The quantitative estimate of drug-likeness (QED) is 0.917. The Bertz CT molecular complexity index is 719. The Morgan fingerprint density at radius 2 is 1.78 bits per heavy atom. The molecule has 4 nitrogen and oxygen atoms in total. The van der Waals surface area contributed by atoms with E-state index in [1.165, 1.54) is 20.3 Å². The van der Waals surface area contributed by atoms with Crippen molar-refractivity contribution in [2.75, 3.05) is 14.2 Å². The molecule has 0 bridgehead atoms. The van der Waals surface area contributed by atoms with Gasteiger partial charge in [-0.2, -0.15) is 0 Å². The zero-order valence-corrected chi connectivity index (χ0v) is 13.0. The normalized spacial score (nSPS) is 11.7. The summed E-state index contributed by atoms with van der Waals surface area (Å²) in [6.07, 6.45) is 0. The molecule has 0 heterocycles. The van der Waals surface area contributed by atoms with Crippen LogP contribution in [0.2, 0.25) is 0 Å². The SMILES string of the molecule is COc1ccc(C(=O)NC(C)c2ccc(F)c(F)c2)c(OC)c1. The number of methoxy groups -OCH3 is 2. The first-order chi connectivity index (χ1) is 11.0. The van der Waals surface area contributed by atoms with Crippen molar-refractivity contribution < 1.29 is 23.0 Å². The van der Waals surface area contributed by atoms with E-state index < -0.39 is 17.7 Å². The van der Waals surface area contributed by atoms with Crippen molar-refractivity contribution in [1.29, 1.82) is 0 Å². The van der Waals surface area contributed by atoms with Crippen LogP contribution in [0.1, 0.15) is 28.9 Å². The summed E-state index contributed by atoms with van der Waals surface area (Å²) in [6.45, 7) is 1.68. The Labute approximate surface area is 133 Å². The molecule has 0 fully saturated rings. The molecule has 0 aliphatic carbocycles. The molecule has 23 heavy (non-hydrogen) atoms. The second-order valence-electron chi connectivity index (χ2n) is 4.93. The number of ether oxygens (including phenoxy) is 2. The molecular weight excluding hydrogens is 304 g/mol. The Morgan fingerprint density at radius 3 is 2.39 bits per heavy atom. The van der Waals surface area contributed by atoms with Gasteiger partial charge in [0.1, 0.15) is 11.5 Å². The molecule has 1 N–H and O–H groups in total. The molecule has 122 valence electrons. The first-order valence-corrected chi connectivity index (χ1v) is 6.94. The highest BCUT2D eigenvalue weighted by molar-refractivity contribution is 5.97. The van der Waals surface area contributed by atoms with E-state index >= 15 is 0 Å². The largest absolute Gasteiger partial charge is 0.497 e. The van der Waals surface area contributed by atoms with E-state index in [0.717, 1.165) is 12.1 Å². The average molecular weight is 321 g/mol. The minimum Gasteiger partial charge on any atom is -0.497 e. The third-order valence-electron chi connectivity index (χ3n) is 3.44. The highest BCUT2D eigenvalue weighted by Gasteiger charge is 2.17. The summed E-state index contributed by atoms with van der Waals surface area (Å²) in [5, 5.41) is 2.72. The third-order valence-corrected chi connectivity index (χ3v) is 3.44. The summed E-state index contributed by atoms with van der Waals surface area (Å²) in [5.74, 6) is -1.34. The van der Waals surface area contributed by atoms with Crippen LogP contribution in [0.15, 0.2) is 36.4 Å². The van der Waals surface area contributed by atoms with E-state index in [0.29, 0.717) is 22.6 Å². The van der Waals surface area contributed by atoms with Crippen molar-refractivity contribution in [3.63, 3.8) is 0 Å². The van der Waals surface area contributed by atoms with Gasteiger partial charge in [-0.3, -0.25) is 4.79 Å². The zero-order valence-electron chi connectivity index (χ0n) is 13.0. The lowest BCUT2D eigenvalue weighted by molar-refractivity contribution is 0.0936. The average Bonchev–Trinajstić information content (AvgIpc) is 2.56. The summed E-state index contributed by atoms with van der Waals surface area (Å²) in [7, 11) is 2.96. The zero-order chi connectivity index (χ0) is 17.0. The number of carbonyl (C=O) groups excluding carboxylic acids is 1. The van der Waals surface area contributed by atoms with Crippen molar-refractivity contribution in [3.8, 4) is 11.5 Å². The maximum Gasteiger partial charge on any atom is 0.255 e. The number of hydrogen-bond donors (Lipinski definition) is 1. The van der Waals surface area contributed by atoms with Crippen LogP contribution in [-0.4, -0.2) is 20.1 Å². The van der Waals surface area contributed by atoms with Crippen LogP contribution in [0.4, 0.5) is 8.78 Å². The maximum atomic E-state index is 13.3. The molecule has 0 aliphatic heterocycles. The number of hydrogen-bond acceptors (Lipinski definition) is 3. The molecule has 2 aromatic carbocycles. The first-order valence-electron chi connectivity index (χ1n) is 6.94. The summed E-state index contributed by atoms with van der Waals surface area (Å²) in [5.41, 5.74) is 0.785. The number of amides is 1. The lowest BCUT2D eigenvalue weighted by Gasteiger charge is -2.16. The van der Waals surface area contributed by atoms with Crippen LogP contribution in [0.3, 0.4) is 0 Å². The van der Waals surface area contributed by atoms with E-state index in [2.05, 4.69) is 5.32 Å². The monoisotopic (exact) mass is 321 g/mol. The van der Waals surface area contributed by atoms with E-state index in [1.54, 1.807) is 25.1 Å². The Morgan fingerprint density at radius 1 is 1.04 bits per heavy atom. The van der Waals surface area contributed by atoms with Crippen LogP contribution >= 0.6 is 0 Å². The second-order valence-corrected chi connectivity index (χ2v) is 4.93. The summed E-state index contributed by atoms with van der Waals surface area (Å²) in [4.78, 5) is 12.4. The maximum absolute atomic E-state index is 13.3. The summed E-state index contributed by atoms with van der Waals surface area (Å²) in [6, 6.07) is 7.83. The summed E-state index contributed by atoms with van der Waals surface area (Å²) >= 11 is 0. The van der Waals surface area contributed by atoms with E-state index in [9.17, 15) is 13.6 Å². The van der Waals surface area contributed by atoms with Crippen molar-refractivity contribution in [2.45, 2.75) is 13.0 Å². The second kappa shape index (κ2) is 7.09. The van der Waals surface area contributed by atoms with Crippen molar-refractivity contribution in [1.82, 2.24) is 5.32 Å². The van der Waals surface area contributed by atoms with Gasteiger partial charge < -0.3 is 14.8 Å². The van der Waals surface area contributed by atoms with Crippen LogP contribution in [-0.2, 0) is 0 Å². The molecule has 1 amide bonds. The van der Waals surface area contributed by atoms with Crippen molar-refractivity contribution in [3.05, 3.63) is 59.2 Å². The predicted molar refractivity (Wildman–Crippen MR) is 81.8 cm³/mol. The predicted octanol–water partition coefficient (Wildman–Crippen LogP) is 3.47. The molecule has 1 atom stereocenters. The summed E-state index contributed by atoms with van der Waals surface area (Å²) < 4.78 is 36.5. The van der Waals surface area contributed by atoms with Gasteiger partial charge in [0.25, 0.3) is 5.91 Å². The molecule has 2 rings (SSSR count). The van der Waals surface area contributed by atoms with Gasteiger partial charge in [0, 0.05) is 6.07 Å². The number of carbonyl (C=O) groups is 1. The lowest BCUT2D eigenvalue weighted by Crippen LogP contribution is -2.27. The highest BCUT2D eigenvalue weighted by Crippen LogP contribution is 2.25. The van der Waals surface area contributed by atoms with Gasteiger partial charge in [0.15, 0.2) is 11.6 Å². The fourth-order valence-electron chi connectivity index (χ4n) is 2.13. The number of halogens is 2. The smallest absolute Gasteiger partial charge is 0.255 e. The molecule has 0 spiro atoms. The standard InChI is InChI=1S/C17H17F2NO3/c1-10(11-4-7-14(18)15(19)8-11)20-17(21)13-6-5-12(22-2)9-16(13)23-3/h4-10H,1-3H3,(H,20,21). The van der Waals surface area contributed by atoms with E-state index in [-0.39, 0.29) is 5.91 Å². The van der Waals surface area contributed by atoms with Gasteiger partial charge in [-0.15, -0.1) is 0 Å². The molecule has 0 saturated carbocycles. The molecule has 6 heteroatoms.